The summed E-state index contributed by atoms with van der Waals surface area (Å²) in [6, 6.07) is 5.62. The van der Waals surface area contributed by atoms with Gasteiger partial charge in [0, 0.05) is 23.1 Å². The molecule has 1 heterocycles. The first-order chi connectivity index (χ1) is 14.4. The number of amides is 1. The van der Waals surface area contributed by atoms with Crippen molar-refractivity contribution in [3.8, 4) is 0 Å². The number of aromatic nitrogens is 3. The second kappa shape index (κ2) is 12.5. The van der Waals surface area contributed by atoms with E-state index in [4.69, 9.17) is 23.2 Å². The van der Waals surface area contributed by atoms with E-state index in [1.165, 1.54) is 11.8 Å². The summed E-state index contributed by atoms with van der Waals surface area (Å²) in [5.41, 5.74) is 0.965. The topological polar surface area (TPSA) is 63.1 Å². The molecular formula is C21H31Cl2N5OS. The molecule has 1 amide bonds. The summed E-state index contributed by atoms with van der Waals surface area (Å²) in [5.74, 6) is 1.24. The van der Waals surface area contributed by atoms with Crippen molar-refractivity contribution < 1.29 is 4.79 Å². The lowest BCUT2D eigenvalue weighted by atomic mass is 10.1. The minimum atomic E-state index is -0.0312. The number of nitrogens with zero attached hydrogens (tertiary/aromatic N) is 4. The molecule has 0 aliphatic carbocycles. The first-order valence-electron chi connectivity index (χ1n) is 10.3. The van der Waals surface area contributed by atoms with E-state index in [0.717, 1.165) is 42.4 Å². The van der Waals surface area contributed by atoms with Crippen LogP contribution in [0.25, 0.3) is 0 Å². The van der Waals surface area contributed by atoms with Crippen LogP contribution in [-0.2, 0) is 17.8 Å². The Labute approximate surface area is 193 Å². The van der Waals surface area contributed by atoms with Crippen LogP contribution in [0.1, 0.15) is 50.5 Å². The average molecular weight is 472 g/mol. The van der Waals surface area contributed by atoms with E-state index in [9.17, 15) is 4.79 Å². The van der Waals surface area contributed by atoms with E-state index in [2.05, 4.69) is 52.9 Å². The Balaban J connectivity index is 1.93. The summed E-state index contributed by atoms with van der Waals surface area (Å²) in [7, 11) is 4.11. The third kappa shape index (κ3) is 7.15. The molecule has 0 spiro atoms. The SMILES string of the molecule is CCCCn1c(SCC(=O)NCCc2ccc(Cl)cc2Cl)nnc1[C@H](CC)N(C)C. The fraction of sp³-hybridized carbons (Fsp3) is 0.571. The Morgan fingerprint density at radius 2 is 2.03 bits per heavy atom. The van der Waals surface area contributed by atoms with Gasteiger partial charge in [-0.05, 0) is 51.1 Å². The summed E-state index contributed by atoms with van der Waals surface area (Å²) in [4.78, 5) is 14.5. The molecule has 1 N–H and O–H groups in total. The largest absolute Gasteiger partial charge is 0.355 e. The van der Waals surface area contributed by atoms with E-state index >= 15 is 0 Å². The molecule has 9 heteroatoms. The molecule has 0 saturated carbocycles. The van der Waals surface area contributed by atoms with Gasteiger partial charge in [0.2, 0.25) is 5.91 Å². The molecule has 0 bridgehead atoms. The van der Waals surface area contributed by atoms with Crippen LogP contribution in [0.3, 0.4) is 0 Å². The van der Waals surface area contributed by atoms with Crippen LogP contribution in [0.4, 0.5) is 0 Å². The number of thioether (sulfide) groups is 1. The van der Waals surface area contributed by atoms with Crippen LogP contribution < -0.4 is 5.32 Å². The fourth-order valence-corrected chi connectivity index (χ4v) is 4.50. The highest BCUT2D eigenvalue weighted by atomic mass is 35.5. The van der Waals surface area contributed by atoms with Gasteiger partial charge >= 0.3 is 0 Å². The van der Waals surface area contributed by atoms with Crippen LogP contribution in [-0.4, -0.2) is 52.0 Å². The molecule has 1 aromatic carbocycles. The first-order valence-corrected chi connectivity index (χ1v) is 12.0. The molecule has 0 saturated heterocycles. The number of hydrogen-bond acceptors (Lipinski definition) is 5. The molecule has 6 nitrogen and oxygen atoms in total. The van der Waals surface area contributed by atoms with E-state index in [1.54, 1.807) is 12.1 Å². The Morgan fingerprint density at radius 3 is 2.67 bits per heavy atom. The third-order valence-electron chi connectivity index (χ3n) is 4.85. The van der Waals surface area contributed by atoms with Crippen molar-refractivity contribution in [2.45, 2.75) is 57.3 Å². The molecule has 0 unspecified atom stereocenters. The van der Waals surface area contributed by atoms with Gasteiger partial charge in [-0.2, -0.15) is 0 Å². The summed E-state index contributed by atoms with van der Waals surface area (Å²) in [6.07, 6.45) is 3.75. The molecule has 0 aliphatic heterocycles. The zero-order valence-electron chi connectivity index (χ0n) is 18.1. The normalized spacial score (nSPS) is 12.4. The Bertz CT molecular complexity index is 828. The highest BCUT2D eigenvalue weighted by Crippen LogP contribution is 2.26. The smallest absolute Gasteiger partial charge is 0.230 e. The van der Waals surface area contributed by atoms with Crippen molar-refractivity contribution in [3.05, 3.63) is 39.6 Å². The first kappa shape index (κ1) is 25.0. The maximum absolute atomic E-state index is 12.3. The van der Waals surface area contributed by atoms with Crippen molar-refractivity contribution in [2.24, 2.45) is 0 Å². The van der Waals surface area contributed by atoms with E-state index in [-0.39, 0.29) is 11.9 Å². The van der Waals surface area contributed by atoms with Gasteiger partial charge in [0.1, 0.15) is 0 Å². The second-order valence-electron chi connectivity index (χ2n) is 7.36. The molecule has 0 radical (unpaired) electrons. The molecule has 1 aromatic heterocycles. The van der Waals surface area contributed by atoms with Crippen LogP contribution in [0.2, 0.25) is 10.0 Å². The zero-order chi connectivity index (χ0) is 22.1. The maximum atomic E-state index is 12.3. The standard InChI is InChI=1S/C21H31Cl2N5OS/c1-5-7-12-28-20(18(6-2)27(3)4)25-26-21(28)30-14-19(29)24-11-10-15-8-9-16(22)13-17(15)23/h8-9,13,18H,5-7,10-12,14H2,1-4H3,(H,24,29)/t18-/m0/s1. The molecule has 0 aliphatic rings. The van der Waals surface area contributed by atoms with Crippen LogP contribution in [0.5, 0.6) is 0 Å². The highest BCUT2D eigenvalue weighted by Gasteiger charge is 2.22. The Kier molecular flexibility index (Phi) is 10.4. The molecular weight excluding hydrogens is 441 g/mol. The highest BCUT2D eigenvalue weighted by molar-refractivity contribution is 7.99. The minimum absolute atomic E-state index is 0.0312. The lowest BCUT2D eigenvalue weighted by Gasteiger charge is -2.23. The van der Waals surface area contributed by atoms with Crippen LogP contribution in [0.15, 0.2) is 23.4 Å². The number of unbranched alkanes of at least 4 members (excludes halogenated alkanes) is 1. The van der Waals surface area contributed by atoms with E-state index < -0.39 is 0 Å². The van der Waals surface area contributed by atoms with Gasteiger partial charge in [-0.25, -0.2) is 0 Å². The zero-order valence-corrected chi connectivity index (χ0v) is 20.4. The van der Waals surface area contributed by atoms with Crippen molar-refractivity contribution in [1.29, 1.82) is 0 Å². The average Bonchev–Trinajstić information content (AvgIpc) is 3.09. The number of carbonyl (C=O) groups excluding carboxylic acids is 1. The number of halogens is 2. The Morgan fingerprint density at radius 1 is 1.27 bits per heavy atom. The van der Waals surface area contributed by atoms with Crippen molar-refractivity contribution in [2.75, 3.05) is 26.4 Å². The van der Waals surface area contributed by atoms with Gasteiger partial charge in [-0.3, -0.25) is 9.69 Å². The van der Waals surface area contributed by atoms with Gasteiger partial charge in [0.05, 0.1) is 11.8 Å². The van der Waals surface area contributed by atoms with Crippen molar-refractivity contribution in [3.63, 3.8) is 0 Å². The third-order valence-corrected chi connectivity index (χ3v) is 6.41. The lowest BCUT2D eigenvalue weighted by molar-refractivity contribution is -0.118. The fourth-order valence-electron chi connectivity index (χ4n) is 3.20. The van der Waals surface area contributed by atoms with E-state index in [0.29, 0.717) is 28.8 Å². The van der Waals surface area contributed by atoms with Gasteiger partial charge in [-0.1, -0.05) is 61.3 Å². The summed E-state index contributed by atoms with van der Waals surface area (Å²) in [6.45, 7) is 5.70. The maximum Gasteiger partial charge on any atom is 0.230 e. The number of hydrogen-bond donors (Lipinski definition) is 1. The van der Waals surface area contributed by atoms with Gasteiger partial charge in [-0.15, -0.1) is 10.2 Å². The Hall–Kier alpha value is -1.28. The molecule has 30 heavy (non-hydrogen) atoms. The minimum Gasteiger partial charge on any atom is -0.355 e. The quantitative estimate of drug-likeness (QED) is 0.448. The van der Waals surface area contributed by atoms with E-state index in [1.807, 2.05) is 6.07 Å². The molecule has 2 rings (SSSR count). The van der Waals surface area contributed by atoms with Gasteiger partial charge in [0.15, 0.2) is 11.0 Å². The summed E-state index contributed by atoms with van der Waals surface area (Å²) < 4.78 is 2.17. The number of benzene rings is 1. The van der Waals surface area contributed by atoms with Crippen molar-refractivity contribution >= 4 is 40.9 Å². The predicted octanol–water partition coefficient (Wildman–Crippen LogP) is 4.85. The van der Waals surface area contributed by atoms with Crippen LogP contribution >= 0.6 is 35.0 Å². The van der Waals surface area contributed by atoms with Crippen LogP contribution in [0, 0.1) is 0 Å². The molecule has 0 fully saturated rings. The number of carbonyl (C=O) groups is 1. The lowest BCUT2D eigenvalue weighted by Crippen LogP contribution is -2.27. The van der Waals surface area contributed by atoms with Gasteiger partial charge < -0.3 is 9.88 Å². The van der Waals surface area contributed by atoms with Gasteiger partial charge in [0.25, 0.3) is 0 Å². The molecule has 2 aromatic rings. The second-order valence-corrected chi connectivity index (χ2v) is 9.14. The number of rotatable bonds is 12. The molecule has 1 atom stereocenters. The summed E-state index contributed by atoms with van der Waals surface area (Å²) >= 11 is 13.5. The number of nitrogens with one attached hydrogen (secondary N) is 1. The molecule has 166 valence electrons. The summed E-state index contributed by atoms with van der Waals surface area (Å²) in [5, 5.41) is 13.8. The predicted molar refractivity (Wildman–Crippen MR) is 126 cm³/mol. The monoisotopic (exact) mass is 471 g/mol. The van der Waals surface area contributed by atoms with Crippen molar-refractivity contribution in [1.82, 2.24) is 25.0 Å².